The summed E-state index contributed by atoms with van der Waals surface area (Å²) in [7, 11) is -5.17. The molecule has 0 aromatic rings. The van der Waals surface area contributed by atoms with E-state index in [0.29, 0.717) is 0 Å². The van der Waals surface area contributed by atoms with Crippen LogP contribution in [0.3, 0.4) is 0 Å². The van der Waals surface area contributed by atoms with Gasteiger partial charge in [-0.15, -0.1) is 0 Å². The van der Waals surface area contributed by atoms with E-state index >= 15 is 0 Å². The zero-order chi connectivity index (χ0) is 4.50. The molecule has 0 aromatic heterocycles. The Labute approximate surface area is 172 Å². The van der Waals surface area contributed by atoms with Gasteiger partial charge in [0.25, 0.3) is 0 Å². The standard InChI is InChI=1S/Mg.H2O4S.22H2O/c;1-5(2,3)4;;;;;;;;;;;;;;;;;;;;;;/h;(H2,1,2,3,4);22*1H2/q+2;;;;;;;;;;;;;;;;;;;;;;;/p-2. The summed E-state index contributed by atoms with van der Waals surface area (Å²) in [5, 5.41) is 0. The minimum Gasteiger partial charge on any atom is -0.759 e. The van der Waals surface area contributed by atoms with E-state index in [0.717, 1.165) is 0 Å². The van der Waals surface area contributed by atoms with Gasteiger partial charge in [0.2, 0.25) is 0 Å². The van der Waals surface area contributed by atoms with E-state index in [4.69, 9.17) is 17.5 Å². The van der Waals surface area contributed by atoms with Gasteiger partial charge < -0.3 is 130 Å². The van der Waals surface area contributed by atoms with Crippen LogP contribution in [0.4, 0.5) is 0 Å². The van der Waals surface area contributed by atoms with Gasteiger partial charge in [0.1, 0.15) is 0 Å². The van der Waals surface area contributed by atoms with Gasteiger partial charge in [-0.25, -0.2) is 0 Å². The summed E-state index contributed by atoms with van der Waals surface area (Å²) in [5.74, 6) is 0. The van der Waals surface area contributed by atoms with Crippen molar-refractivity contribution >= 4 is 33.5 Å². The minimum absolute atomic E-state index is 0. The molecule has 0 spiro atoms. The van der Waals surface area contributed by atoms with Crippen LogP contribution in [0.1, 0.15) is 0 Å². The van der Waals surface area contributed by atoms with Crippen molar-refractivity contribution in [2.24, 2.45) is 0 Å². The third kappa shape index (κ3) is 266000. The van der Waals surface area contributed by atoms with Gasteiger partial charge in [-0.1, -0.05) is 0 Å². The molecule has 0 aromatic carbocycles. The van der Waals surface area contributed by atoms with Crippen LogP contribution in [0.5, 0.6) is 0 Å². The van der Waals surface area contributed by atoms with Crippen molar-refractivity contribution in [3.8, 4) is 0 Å². The summed E-state index contributed by atoms with van der Waals surface area (Å²) in [6, 6.07) is 0. The van der Waals surface area contributed by atoms with Crippen molar-refractivity contribution in [2.45, 2.75) is 0 Å². The smallest absolute Gasteiger partial charge is 0.759 e. The second-order valence-electron chi connectivity index (χ2n) is 0.408. The molecule has 0 saturated carbocycles. The molecule has 0 radical (unpaired) electrons. The van der Waals surface area contributed by atoms with Crippen LogP contribution < -0.4 is 0 Å². The molecular formula is H44MgO26S. The second kappa shape index (κ2) is 536. The zero-order valence-corrected chi connectivity index (χ0v) is 16.0. The molecule has 0 bridgehead atoms. The molecule has 0 amide bonds. The fraction of sp³-hybridized carbons (Fsp3) is 0. The molecule has 208 valence electrons. The maximum atomic E-state index is 8.52. The molecule has 0 aliphatic heterocycles. The number of hydrogen-bond donors (Lipinski definition) is 0. The molecule has 0 aliphatic carbocycles. The van der Waals surface area contributed by atoms with Gasteiger partial charge in [-0.3, -0.25) is 8.42 Å². The maximum absolute atomic E-state index is 8.52. The number of hydrogen-bond acceptors (Lipinski definition) is 4. The molecule has 26 nitrogen and oxygen atoms in total. The van der Waals surface area contributed by atoms with Crippen molar-refractivity contribution in [3.05, 3.63) is 0 Å². The fourth-order valence-corrected chi connectivity index (χ4v) is 0. The van der Waals surface area contributed by atoms with E-state index in [2.05, 4.69) is 0 Å². The summed E-state index contributed by atoms with van der Waals surface area (Å²) in [4.78, 5) is 0. The quantitative estimate of drug-likeness (QED) is 0.172. The molecule has 28 heavy (non-hydrogen) atoms. The molecule has 0 unspecified atom stereocenters. The Morgan fingerprint density at radius 2 is 0.286 bits per heavy atom. The molecular weight excluding hydrogens is 472 g/mol. The first-order valence-corrected chi connectivity index (χ1v) is 2.00. The Morgan fingerprint density at radius 3 is 0.286 bits per heavy atom. The first-order valence-electron chi connectivity index (χ1n) is 0.667. The average Bonchev–Trinajstić information content (AvgIpc) is 0.722. The van der Waals surface area contributed by atoms with Gasteiger partial charge >= 0.3 is 23.1 Å². The SMILES string of the molecule is O.O.O.O.O.O.O.O.O.O.O.O.O.O.O.O.O.O.O.O.O.O.O=S(=O)([O-])[O-].[Mg+2]. The van der Waals surface area contributed by atoms with Crippen LogP contribution in [0.25, 0.3) is 0 Å². The minimum atomic E-state index is -5.17. The van der Waals surface area contributed by atoms with Crippen LogP contribution in [0.2, 0.25) is 0 Å². The van der Waals surface area contributed by atoms with E-state index in [-0.39, 0.29) is 144 Å². The average molecular weight is 517 g/mol. The van der Waals surface area contributed by atoms with Crippen molar-refractivity contribution in [1.29, 1.82) is 0 Å². The van der Waals surface area contributed by atoms with E-state index in [1.54, 1.807) is 0 Å². The van der Waals surface area contributed by atoms with Crippen LogP contribution in [0, 0.1) is 0 Å². The first-order chi connectivity index (χ1) is 2.00. The first kappa shape index (κ1) is 1410. The summed E-state index contributed by atoms with van der Waals surface area (Å²) >= 11 is 0. The third-order valence-electron chi connectivity index (χ3n) is 0. The molecule has 0 aliphatic rings. The van der Waals surface area contributed by atoms with Crippen LogP contribution >= 0.6 is 0 Å². The zero-order valence-electron chi connectivity index (χ0n) is 13.7. The van der Waals surface area contributed by atoms with E-state index in [9.17, 15) is 0 Å². The monoisotopic (exact) mass is 516 g/mol. The number of rotatable bonds is 0. The molecule has 0 rings (SSSR count). The van der Waals surface area contributed by atoms with Gasteiger partial charge in [-0.05, 0) is 0 Å². The molecule has 0 heterocycles. The Morgan fingerprint density at radius 1 is 0.286 bits per heavy atom. The fourth-order valence-electron chi connectivity index (χ4n) is 0. The van der Waals surface area contributed by atoms with Gasteiger partial charge in [-0.2, -0.15) is 0 Å². The molecule has 28 heteroatoms. The summed E-state index contributed by atoms with van der Waals surface area (Å²) in [6.45, 7) is 0. The Balaban J connectivity index is -0.000000000316. The predicted octanol–water partition coefficient (Wildman–Crippen LogP) is -19.9. The van der Waals surface area contributed by atoms with Crippen molar-refractivity contribution in [1.82, 2.24) is 0 Å². The Bertz CT molecular complexity index is 95.6. The summed E-state index contributed by atoms with van der Waals surface area (Å²) < 4.78 is 34.1. The summed E-state index contributed by atoms with van der Waals surface area (Å²) in [5.41, 5.74) is 0. The molecule has 0 fully saturated rings. The van der Waals surface area contributed by atoms with Crippen molar-refractivity contribution in [3.63, 3.8) is 0 Å². The summed E-state index contributed by atoms with van der Waals surface area (Å²) in [6.07, 6.45) is 0. The van der Waals surface area contributed by atoms with Crippen LogP contribution in [-0.4, -0.2) is 161 Å². The topological polar surface area (TPSA) is 773 Å². The molecule has 44 N–H and O–H groups in total. The van der Waals surface area contributed by atoms with E-state index in [1.807, 2.05) is 0 Å². The van der Waals surface area contributed by atoms with Crippen LogP contribution in [0.15, 0.2) is 0 Å². The largest absolute Gasteiger partial charge is 2.00 e. The van der Waals surface area contributed by atoms with Gasteiger partial charge in [0.15, 0.2) is 0 Å². The van der Waals surface area contributed by atoms with E-state index in [1.165, 1.54) is 0 Å². The van der Waals surface area contributed by atoms with Gasteiger partial charge in [0.05, 0.1) is 0 Å². The van der Waals surface area contributed by atoms with Crippen LogP contribution in [-0.2, 0) is 10.4 Å². The second-order valence-corrected chi connectivity index (χ2v) is 1.22. The third-order valence-corrected chi connectivity index (χ3v) is 0. The van der Waals surface area contributed by atoms with Gasteiger partial charge in [0, 0.05) is 10.4 Å². The van der Waals surface area contributed by atoms with Crippen molar-refractivity contribution in [2.75, 3.05) is 0 Å². The molecule has 0 atom stereocenters. The Kier molecular flexibility index (Phi) is 26900. The molecule has 0 saturated heterocycles. The normalized spacial score (nSPS) is 2.07. The van der Waals surface area contributed by atoms with E-state index < -0.39 is 10.4 Å². The Hall–Kier alpha value is -0.244. The predicted molar refractivity (Wildman–Crippen MR) is 95.7 cm³/mol. The maximum Gasteiger partial charge on any atom is 2.00 e. The van der Waals surface area contributed by atoms with Crippen molar-refractivity contribution < 1.29 is 138 Å².